The van der Waals surface area contributed by atoms with Gasteiger partial charge in [-0.25, -0.2) is 14.8 Å². The van der Waals surface area contributed by atoms with Crippen LogP contribution >= 0.6 is 0 Å². The molecule has 172 valence electrons. The van der Waals surface area contributed by atoms with Gasteiger partial charge < -0.3 is 0 Å². The molecule has 0 saturated carbocycles. The zero-order chi connectivity index (χ0) is 23.4. The summed E-state index contributed by atoms with van der Waals surface area (Å²) in [7, 11) is 0. The first-order valence-electron chi connectivity index (χ1n) is 11.2. The number of aromatic nitrogens is 7. The van der Waals surface area contributed by atoms with Crippen LogP contribution < -0.4 is 0 Å². The van der Waals surface area contributed by atoms with Crippen LogP contribution in [-0.2, 0) is 12.5 Å². The van der Waals surface area contributed by atoms with Crippen LogP contribution in [0.15, 0.2) is 48.5 Å². The highest BCUT2D eigenvalue weighted by Crippen LogP contribution is 2.32. The second-order valence-corrected chi connectivity index (χ2v) is 8.24. The lowest BCUT2D eigenvalue weighted by molar-refractivity contribution is -0.0232. The van der Waals surface area contributed by atoms with E-state index in [9.17, 15) is 8.78 Å². The van der Waals surface area contributed by atoms with E-state index in [0.29, 0.717) is 24.6 Å². The predicted molar refractivity (Wildman–Crippen MR) is 122 cm³/mol. The molecule has 0 spiro atoms. The number of rotatable bonds is 9. The molecule has 2 aromatic heterocycles. The molecule has 33 heavy (non-hydrogen) atoms. The Labute approximate surface area is 191 Å². The Kier molecular flexibility index (Phi) is 6.57. The Morgan fingerprint density at radius 3 is 2.45 bits per heavy atom. The molecule has 0 bridgehead atoms. The summed E-state index contributed by atoms with van der Waals surface area (Å²) in [6, 6.07) is 15.9. The molecule has 0 radical (unpaired) electrons. The lowest BCUT2D eigenvalue weighted by atomic mass is 10.0. The van der Waals surface area contributed by atoms with E-state index in [4.69, 9.17) is 0 Å². The van der Waals surface area contributed by atoms with Crippen LogP contribution in [0.3, 0.4) is 0 Å². The van der Waals surface area contributed by atoms with Crippen molar-refractivity contribution in [3.8, 4) is 22.5 Å². The third-order valence-corrected chi connectivity index (χ3v) is 5.75. The first kappa shape index (κ1) is 22.7. The van der Waals surface area contributed by atoms with Gasteiger partial charge in [0.15, 0.2) is 5.82 Å². The molecule has 4 rings (SSSR count). The maximum absolute atomic E-state index is 14.5. The normalized spacial score (nSPS) is 12.8. The van der Waals surface area contributed by atoms with Crippen LogP contribution in [0.25, 0.3) is 22.5 Å². The van der Waals surface area contributed by atoms with Crippen molar-refractivity contribution in [3.63, 3.8) is 0 Å². The SMILES string of the molecule is CCCC(F)(F)c1nc(C(C)CC)n(Cc2ccc(-c3cccc(-c4nnn[nH]4)c3)cc2)n1. The summed E-state index contributed by atoms with van der Waals surface area (Å²) in [5.74, 6) is -2.16. The van der Waals surface area contributed by atoms with Gasteiger partial charge in [-0.1, -0.05) is 63.2 Å². The zero-order valence-electron chi connectivity index (χ0n) is 19.0. The lowest BCUT2D eigenvalue weighted by Crippen LogP contribution is -2.15. The van der Waals surface area contributed by atoms with Gasteiger partial charge >= 0.3 is 5.92 Å². The number of halogens is 2. The molecule has 1 N–H and O–H groups in total. The van der Waals surface area contributed by atoms with Gasteiger partial charge in [0.1, 0.15) is 5.82 Å². The third-order valence-electron chi connectivity index (χ3n) is 5.75. The molecular formula is C24H27F2N7. The van der Waals surface area contributed by atoms with Crippen LogP contribution in [0.2, 0.25) is 0 Å². The van der Waals surface area contributed by atoms with E-state index in [-0.39, 0.29) is 18.2 Å². The average Bonchev–Trinajstić information content (AvgIpc) is 3.50. The quantitative estimate of drug-likeness (QED) is 0.359. The highest BCUT2D eigenvalue weighted by molar-refractivity contribution is 5.70. The first-order chi connectivity index (χ1) is 15.9. The molecule has 1 unspecified atom stereocenters. The minimum absolute atomic E-state index is 0.0382. The maximum Gasteiger partial charge on any atom is 0.308 e. The Morgan fingerprint density at radius 1 is 1.03 bits per heavy atom. The summed E-state index contributed by atoms with van der Waals surface area (Å²) in [6.45, 7) is 6.13. The summed E-state index contributed by atoms with van der Waals surface area (Å²) in [4.78, 5) is 4.25. The van der Waals surface area contributed by atoms with Crippen LogP contribution in [0.4, 0.5) is 8.78 Å². The topological polar surface area (TPSA) is 85.2 Å². The van der Waals surface area contributed by atoms with Gasteiger partial charge in [-0.3, -0.25) is 0 Å². The molecule has 4 aromatic rings. The van der Waals surface area contributed by atoms with Crippen molar-refractivity contribution in [1.82, 2.24) is 35.4 Å². The molecule has 0 aliphatic carbocycles. The highest BCUT2D eigenvalue weighted by atomic mass is 19.3. The molecule has 2 aromatic carbocycles. The average molecular weight is 452 g/mol. The summed E-state index contributed by atoms with van der Waals surface area (Å²) in [5, 5.41) is 18.2. The van der Waals surface area contributed by atoms with Crippen molar-refractivity contribution in [1.29, 1.82) is 0 Å². The van der Waals surface area contributed by atoms with Crippen molar-refractivity contribution in [2.45, 2.75) is 58.4 Å². The predicted octanol–water partition coefficient (Wildman–Crippen LogP) is 5.58. The second kappa shape index (κ2) is 9.56. The zero-order valence-corrected chi connectivity index (χ0v) is 19.0. The third kappa shape index (κ3) is 4.97. The van der Waals surface area contributed by atoms with E-state index >= 15 is 0 Å². The fourth-order valence-electron chi connectivity index (χ4n) is 3.70. The number of alkyl halides is 2. The van der Waals surface area contributed by atoms with E-state index in [0.717, 1.165) is 28.7 Å². The minimum atomic E-state index is -3.02. The Balaban J connectivity index is 1.58. The number of benzene rings is 2. The van der Waals surface area contributed by atoms with Crippen molar-refractivity contribution in [2.24, 2.45) is 0 Å². The van der Waals surface area contributed by atoms with Crippen molar-refractivity contribution in [2.75, 3.05) is 0 Å². The fourth-order valence-corrected chi connectivity index (χ4v) is 3.70. The van der Waals surface area contributed by atoms with E-state index in [1.54, 1.807) is 11.6 Å². The van der Waals surface area contributed by atoms with Gasteiger partial charge in [-0.15, -0.1) is 10.2 Å². The number of tetrazole rings is 1. The molecule has 7 nitrogen and oxygen atoms in total. The Bertz CT molecular complexity index is 1180. The van der Waals surface area contributed by atoms with Gasteiger partial charge in [0.05, 0.1) is 6.54 Å². The second-order valence-electron chi connectivity index (χ2n) is 8.24. The monoisotopic (exact) mass is 451 g/mol. The van der Waals surface area contributed by atoms with E-state index in [2.05, 4.69) is 30.7 Å². The van der Waals surface area contributed by atoms with Crippen molar-refractivity contribution >= 4 is 0 Å². The molecule has 9 heteroatoms. The van der Waals surface area contributed by atoms with Crippen LogP contribution in [0, 0.1) is 0 Å². The molecule has 0 fully saturated rings. The number of nitrogens with zero attached hydrogens (tertiary/aromatic N) is 6. The number of hydrogen-bond donors (Lipinski definition) is 1. The Hall–Kier alpha value is -3.49. The van der Waals surface area contributed by atoms with Gasteiger partial charge in [-0.05, 0) is 46.0 Å². The molecular weight excluding hydrogens is 424 g/mol. The first-order valence-corrected chi connectivity index (χ1v) is 11.2. The summed E-state index contributed by atoms with van der Waals surface area (Å²) in [6.07, 6.45) is 0.915. The minimum Gasteiger partial charge on any atom is -0.245 e. The number of aromatic amines is 1. The summed E-state index contributed by atoms with van der Waals surface area (Å²) in [5.41, 5.74) is 3.92. The fraction of sp³-hybridized carbons (Fsp3) is 0.375. The van der Waals surface area contributed by atoms with E-state index in [1.165, 1.54) is 0 Å². The van der Waals surface area contributed by atoms with E-state index in [1.807, 2.05) is 62.4 Å². The molecule has 2 heterocycles. The van der Waals surface area contributed by atoms with Crippen molar-refractivity contribution in [3.05, 3.63) is 65.7 Å². The highest BCUT2D eigenvalue weighted by Gasteiger charge is 2.36. The van der Waals surface area contributed by atoms with Gasteiger partial charge in [0.2, 0.25) is 5.82 Å². The van der Waals surface area contributed by atoms with Crippen LogP contribution in [-0.4, -0.2) is 35.4 Å². The van der Waals surface area contributed by atoms with Gasteiger partial charge in [0, 0.05) is 17.9 Å². The summed E-state index contributed by atoms with van der Waals surface area (Å²) >= 11 is 0. The standard InChI is InChI=1S/C24H27F2N7/c1-4-13-24(25,26)23-27-22(16(3)5-2)33(30-23)15-17-9-11-18(12-10-17)19-7-6-8-20(14-19)21-28-31-32-29-21/h6-12,14,16H,4-5,13,15H2,1-3H3,(H,28,29,31,32). The van der Waals surface area contributed by atoms with Gasteiger partial charge in [-0.2, -0.15) is 8.78 Å². The van der Waals surface area contributed by atoms with Gasteiger partial charge in [0.25, 0.3) is 0 Å². The molecule has 0 saturated heterocycles. The Morgan fingerprint density at radius 2 is 1.79 bits per heavy atom. The van der Waals surface area contributed by atoms with Crippen LogP contribution in [0.5, 0.6) is 0 Å². The van der Waals surface area contributed by atoms with Crippen molar-refractivity contribution < 1.29 is 8.78 Å². The lowest BCUT2D eigenvalue weighted by Gasteiger charge is -2.11. The largest absolute Gasteiger partial charge is 0.308 e. The molecule has 1 atom stereocenters. The number of H-pyrrole nitrogens is 1. The number of nitrogens with one attached hydrogen (secondary N) is 1. The summed E-state index contributed by atoms with van der Waals surface area (Å²) < 4.78 is 30.6. The smallest absolute Gasteiger partial charge is 0.245 e. The molecule has 0 aliphatic rings. The van der Waals surface area contributed by atoms with Crippen LogP contribution in [0.1, 0.15) is 63.2 Å². The molecule has 0 amide bonds. The van der Waals surface area contributed by atoms with E-state index < -0.39 is 5.92 Å². The molecule has 0 aliphatic heterocycles. The number of hydrogen-bond acceptors (Lipinski definition) is 5. The maximum atomic E-state index is 14.5.